The molecule has 6 nitrogen and oxygen atoms in total. The van der Waals surface area contributed by atoms with Gasteiger partial charge in [-0.2, -0.15) is 0 Å². The number of carbonyl (C=O) groups is 1. The maximum atomic E-state index is 12.2. The van der Waals surface area contributed by atoms with Crippen LogP contribution in [0.3, 0.4) is 0 Å². The second-order valence-electron chi connectivity index (χ2n) is 9.39. The van der Waals surface area contributed by atoms with Crippen LogP contribution < -0.4 is 10.1 Å². The van der Waals surface area contributed by atoms with Crippen LogP contribution in [0.2, 0.25) is 0 Å². The van der Waals surface area contributed by atoms with Gasteiger partial charge in [-0.25, -0.2) is 4.98 Å². The standard InChI is InChI=1S/C19H22F3N3O.C6H12O2.C3H8.C2H6/c1-4-13(5-2)17(23)16-12(3)10-11-24-18(16)25-14-6-8-15(9-7-14)26-19(20,21)22;1-5(7)8-6(2,3)4;1-3-2;1-2/h6-11,13,23H,4-5H2,1-3H3,(H,24,25);1-4H3;3H2,1-2H3;1-2H3. The monoisotopic (exact) mass is 555 g/mol. The highest BCUT2D eigenvalue weighted by molar-refractivity contribution is 6.05. The Morgan fingerprint density at radius 1 is 1.00 bits per heavy atom. The molecule has 222 valence electrons. The summed E-state index contributed by atoms with van der Waals surface area (Å²) >= 11 is 0. The van der Waals surface area contributed by atoms with Crippen molar-refractivity contribution in [2.24, 2.45) is 5.92 Å². The minimum atomic E-state index is -4.72. The van der Waals surface area contributed by atoms with Crippen molar-refractivity contribution >= 4 is 23.2 Å². The number of alkyl halides is 3. The van der Waals surface area contributed by atoms with E-state index in [1.54, 1.807) is 6.20 Å². The molecule has 1 aromatic heterocycles. The third-order valence-corrected chi connectivity index (χ3v) is 4.62. The first-order valence-corrected chi connectivity index (χ1v) is 13.4. The highest BCUT2D eigenvalue weighted by atomic mass is 19.4. The SMILES string of the molecule is CC.CC(=O)OC(C)(C)C.CCC.CCC(CC)C(=N)c1c(C)ccnc1Nc1ccc(OC(F)(F)F)cc1. The topological polar surface area (TPSA) is 84.3 Å². The number of aromatic nitrogens is 1. The molecule has 0 atom stereocenters. The Balaban J connectivity index is 0. The highest BCUT2D eigenvalue weighted by Gasteiger charge is 2.31. The maximum Gasteiger partial charge on any atom is 0.573 e. The first-order chi connectivity index (χ1) is 18.1. The van der Waals surface area contributed by atoms with E-state index < -0.39 is 6.36 Å². The molecule has 0 saturated heterocycles. The summed E-state index contributed by atoms with van der Waals surface area (Å²) in [6, 6.07) is 7.28. The van der Waals surface area contributed by atoms with Crippen LogP contribution in [0, 0.1) is 18.3 Å². The summed E-state index contributed by atoms with van der Waals surface area (Å²) in [5, 5.41) is 11.6. The Kier molecular flexibility index (Phi) is 18.6. The van der Waals surface area contributed by atoms with Crippen LogP contribution in [-0.4, -0.2) is 28.6 Å². The molecule has 9 heteroatoms. The molecule has 0 aliphatic rings. The zero-order chi connectivity index (χ0) is 30.8. The summed E-state index contributed by atoms with van der Waals surface area (Å²) in [6.45, 7) is 21.2. The van der Waals surface area contributed by atoms with Crippen molar-refractivity contribution in [2.45, 2.75) is 107 Å². The molecule has 0 bridgehead atoms. The van der Waals surface area contributed by atoms with E-state index in [4.69, 9.17) is 10.1 Å². The maximum absolute atomic E-state index is 12.2. The third kappa shape index (κ3) is 17.2. The van der Waals surface area contributed by atoms with Gasteiger partial charge in [-0.1, -0.05) is 48.0 Å². The minimum absolute atomic E-state index is 0.126. The van der Waals surface area contributed by atoms with Crippen molar-refractivity contribution < 1.29 is 27.4 Å². The van der Waals surface area contributed by atoms with Crippen LogP contribution in [0.15, 0.2) is 36.5 Å². The summed E-state index contributed by atoms with van der Waals surface area (Å²) in [5.74, 6) is 0.134. The molecule has 0 saturated carbocycles. The van der Waals surface area contributed by atoms with E-state index in [9.17, 15) is 18.0 Å². The quantitative estimate of drug-likeness (QED) is 0.262. The van der Waals surface area contributed by atoms with Crippen LogP contribution in [-0.2, 0) is 9.53 Å². The Labute approximate surface area is 233 Å². The van der Waals surface area contributed by atoms with Crippen molar-refractivity contribution in [3.63, 3.8) is 0 Å². The van der Waals surface area contributed by atoms with E-state index in [1.165, 1.54) is 37.6 Å². The fourth-order valence-corrected chi connectivity index (χ4v) is 3.20. The lowest BCUT2D eigenvalue weighted by molar-refractivity contribution is -0.274. The summed E-state index contributed by atoms with van der Waals surface area (Å²) in [7, 11) is 0. The number of aryl methyl sites for hydroxylation is 1. The predicted octanol–water partition coefficient (Wildman–Crippen LogP) is 9.63. The van der Waals surface area contributed by atoms with Crippen molar-refractivity contribution in [1.29, 1.82) is 5.41 Å². The number of carbonyl (C=O) groups excluding carboxylic acids is 1. The first-order valence-electron chi connectivity index (χ1n) is 13.4. The van der Waals surface area contributed by atoms with Gasteiger partial charge in [0.1, 0.15) is 17.2 Å². The van der Waals surface area contributed by atoms with E-state index in [-0.39, 0.29) is 23.2 Å². The van der Waals surface area contributed by atoms with Crippen LogP contribution in [0.25, 0.3) is 0 Å². The smallest absolute Gasteiger partial charge is 0.460 e. The van der Waals surface area contributed by atoms with Gasteiger partial charge in [-0.05, 0) is 76.4 Å². The number of nitrogens with one attached hydrogen (secondary N) is 2. The molecule has 2 rings (SSSR count). The van der Waals surface area contributed by atoms with Crippen molar-refractivity contribution in [3.8, 4) is 5.75 Å². The number of halogens is 3. The largest absolute Gasteiger partial charge is 0.573 e. The lowest BCUT2D eigenvalue weighted by atomic mass is 9.90. The Morgan fingerprint density at radius 3 is 1.85 bits per heavy atom. The number of ether oxygens (including phenoxy) is 2. The second kappa shape index (κ2) is 19.0. The van der Waals surface area contributed by atoms with E-state index >= 15 is 0 Å². The van der Waals surface area contributed by atoms with E-state index in [2.05, 4.69) is 28.9 Å². The van der Waals surface area contributed by atoms with E-state index in [0.717, 1.165) is 24.0 Å². The van der Waals surface area contributed by atoms with Gasteiger partial charge >= 0.3 is 12.3 Å². The van der Waals surface area contributed by atoms with Gasteiger partial charge in [0.25, 0.3) is 0 Å². The number of hydrogen-bond acceptors (Lipinski definition) is 6. The molecular weight excluding hydrogens is 507 g/mol. The van der Waals surface area contributed by atoms with Gasteiger partial charge in [0.15, 0.2) is 0 Å². The number of benzene rings is 1. The van der Waals surface area contributed by atoms with Crippen LogP contribution >= 0.6 is 0 Å². The highest BCUT2D eigenvalue weighted by Crippen LogP contribution is 2.28. The van der Waals surface area contributed by atoms with E-state index in [0.29, 0.717) is 17.2 Å². The lowest BCUT2D eigenvalue weighted by Crippen LogP contribution is -2.21. The molecular formula is C30H48F3N3O3. The molecule has 0 aliphatic heterocycles. The number of esters is 1. The molecule has 0 unspecified atom stereocenters. The minimum Gasteiger partial charge on any atom is -0.460 e. The molecule has 0 fully saturated rings. The van der Waals surface area contributed by atoms with Crippen LogP contribution in [0.4, 0.5) is 24.7 Å². The van der Waals surface area contributed by atoms with Gasteiger partial charge < -0.3 is 20.2 Å². The number of pyridine rings is 1. The molecule has 2 N–H and O–H groups in total. The lowest BCUT2D eigenvalue weighted by Gasteiger charge is -2.19. The van der Waals surface area contributed by atoms with Gasteiger partial charge in [0.05, 0.1) is 0 Å². The van der Waals surface area contributed by atoms with Crippen molar-refractivity contribution in [3.05, 3.63) is 47.7 Å². The molecule has 0 spiro atoms. The van der Waals surface area contributed by atoms with E-state index in [1.807, 2.05) is 61.5 Å². The van der Waals surface area contributed by atoms with Crippen molar-refractivity contribution in [2.75, 3.05) is 5.32 Å². The van der Waals surface area contributed by atoms with Crippen LogP contribution in [0.1, 0.15) is 99.6 Å². The summed E-state index contributed by atoms with van der Waals surface area (Å²) in [4.78, 5) is 14.6. The number of anilines is 2. The number of hydrogen-bond donors (Lipinski definition) is 2. The average molecular weight is 556 g/mol. The third-order valence-electron chi connectivity index (χ3n) is 4.62. The van der Waals surface area contributed by atoms with Gasteiger partial charge in [0.2, 0.25) is 0 Å². The fourth-order valence-electron chi connectivity index (χ4n) is 3.20. The van der Waals surface area contributed by atoms with Crippen molar-refractivity contribution in [1.82, 2.24) is 4.98 Å². The predicted molar refractivity (Wildman–Crippen MR) is 155 cm³/mol. The Morgan fingerprint density at radius 2 is 1.49 bits per heavy atom. The summed E-state index contributed by atoms with van der Waals surface area (Å²) < 4.78 is 45.4. The van der Waals surface area contributed by atoms with Gasteiger partial charge in [-0.15, -0.1) is 13.2 Å². The molecule has 0 radical (unpaired) electrons. The summed E-state index contributed by atoms with van der Waals surface area (Å²) in [5.41, 5.74) is 2.41. The zero-order valence-electron chi connectivity index (χ0n) is 25.5. The van der Waals surface area contributed by atoms with Gasteiger partial charge in [-0.3, -0.25) is 4.79 Å². The second-order valence-corrected chi connectivity index (χ2v) is 9.39. The molecule has 39 heavy (non-hydrogen) atoms. The van der Waals surface area contributed by atoms with Gasteiger partial charge in [0, 0.05) is 36.0 Å². The molecule has 0 aliphatic carbocycles. The molecule has 2 aromatic rings. The Hall–Kier alpha value is -3.10. The molecule has 1 aromatic carbocycles. The first kappa shape index (κ1) is 38.0. The molecule has 1 heterocycles. The number of nitrogens with zero attached hydrogens (tertiary/aromatic N) is 1. The normalized spacial score (nSPS) is 10.5. The number of rotatable bonds is 7. The van der Waals surface area contributed by atoms with Crippen LogP contribution in [0.5, 0.6) is 5.75 Å². The Bertz CT molecular complexity index is 966. The zero-order valence-corrected chi connectivity index (χ0v) is 25.5. The molecule has 0 amide bonds. The fraction of sp³-hybridized carbons (Fsp3) is 0.567. The summed E-state index contributed by atoms with van der Waals surface area (Å²) in [6.07, 6.45) is -0.119. The average Bonchev–Trinajstić information content (AvgIpc) is 2.81.